The Morgan fingerprint density at radius 3 is 1.46 bits per heavy atom. The van der Waals surface area contributed by atoms with Crippen molar-refractivity contribution in [3.8, 4) is 0 Å². The van der Waals surface area contributed by atoms with Crippen molar-refractivity contribution in [3.63, 3.8) is 0 Å². The molecule has 10 nitrogen and oxygen atoms in total. The van der Waals surface area contributed by atoms with Crippen LogP contribution in [0.5, 0.6) is 0 Å². The molecule has 4 saturated heterocycles. The van der Waals surface area contributed by atoms with Crippen molar-refractivity contribution in [2.75, 3.05) is 23.0 Å². The van der Waals surface area contributed by atoms with E-state index in [9.17, 15) is 19.2 Å². The number of imide groups is 2. The zero-order valence-corrected chi connectivity index (χ0v) is 21.7. The quantitative estimate of drug-likeness (QED) is 0.362. The van der Waals surface area contributed by atoms with Gasteiger partial charge in [-0.15, -0.1) is 0 Å². The fourth-order valence-electron chi connectivity index (χ4n) is 7.61. The summed E-state index contributed by atoms with van der Waals surface area (Å²) in [5.41, 5.74) is 0.663. The van der Waals surface area contributed by atoms with E-state index in [1.54, 1.807) is 48.6 Å². The first-order valence-corrected chi connectivity index (χ1v) is 13.6. The molecule has 2 N–H and O–H groups in total. The van der Waals surface area contributed by atoms with E-state index in [2.05, 4.69) is 10.2 Å². The lowest BCUT2D eigenvalue weighted by atomic mass is 9.77. The summed E-state index contributed by atoms with van der Waals surface area (Å²) < 4.78 is 26.1. The molecule has 2 aromatic rings. The van der Waals surface area contributed by atoms with Gasteiger partial charge >= 0.3 is 0 Å². The fourth-order valence-corrected chi connectivity index (χ4v) is 7.61. The number of anilines is 2. The van der Waals surface area contributed by atoms with Crippen LogP contribution in [0.4, 0.5) is 11.4 Å². The molecule has 8 unspecified atom stereocenters. The molecule has 0 aromatic heterocycles. The average molecular weight is 557 g/mol. The van der Waals surface area contributed by atoms with E-state index >= 15 is 0 Å². The highest BCUT2D eigenvalue weighted by Gasteiger charge is 2.68. The summed E-state index contributed by atoms with van der Waals surface area (Å²) in [6.07, 6.45) is 6.54. The van der Waals surface area contributed by atoms with Gasteiger partial charge in [0.05, 0.1) is 60.5 Å². The van der Waals surface area contributed by atoms with Crippen LogP contribution >= 0.6 is 0 Å². The minimum atomic E-state index is -1.09. The summed E-state index contributed by atoms with van der Waals surface area (Å²) >= 11 is 0. The third-order valence-electron chi connectivity index (χ3n) is 9.56. The number of hydrogen-bond donors (Lipinski definition) is 2. The van der Waals surface area contributed by atoms with Crippen LogP contribution in [0.3, 0.4) is 0 Å². The second-order valence-electron chi connectivity index (χ2n) is 11.6. The maximum Gasteiger partial charge on any atom is 0.241 e. The third-order valence-corrected chi connectivity index (χ3v) is 9.56. The van der Waals surface area contributed by atoms with Gasteiger partial charge in [0.1, 0.15) is 11.2 Å². The third kappa shape index (κ3) is 3.10. The second kappa shape index (κ2) is 8.29. The normalized spacial score (nSPS) is 38.3. The summed E-state index contributed by atoms with van der Waals surface area (Å²) in [5.74, 6) is -4.04. The van der Waals surface area contributed by atoms with Gasteiger partial charge in [0.25, 0.3) is 0 Å². The van der Waals surface area contributed by atoms with Gasteiger partial charge in [-0.1, -0.05) is 48.6 Å². The van der Waals surface area contributed by atoms with Crippen LogP contribution in [0.15, 0.2) is 72.8 Å². The molecule has 208 valence electrons. The Hall–Kier alpha value is -3.96. The Bertz CT molecular complexity index is 1510. The maximum absolute atomic E-state index is 13.4. The number of carbonyl (C=O) groups is 4. The molecule has 0 aliphatic carbocycles. The van der Waals surface area contributed by atoms with Gasteiger partial charge in [0, 0.05) is 0 Å². The number of ether oxygens (including phenoxy) is 2. The van der Waals surface area contributed by atoms with Crippen molar-refractivity contribution in [1.29, 1.82) is 2.86 Å². The molecule has 0 radical (unpaired) electrons. The van der Waals surface area contributed by atoms with Crippen molar-refractivity contribution >= 4 is 35.0 Å². The van der Waals surface area contributed by atoms with E-state index in [0.29, 0.717) is 17.8 Å². The van der Waals surface area contributed by atoms with Gasteiger partial charge in [0.2, 0.25) is 26.5 Å². The summed E-state index contributed by atoms with van der Waals surface area (Å²) in [6.45, 7) is -0.248. The molecule has 2 aromatic carbocycles. The Morgan fingerprint density at radius 2 is 1.07 bits per heavy atom. The maximum atomic E-state index is 13.4. The molecule has 4 fully saturated rings. The standard InChI is InChI=1S/C31H26N2O8/c34-14-30-11-9-20(40-30)22-24(30)28(38)32(26(22)36)18-5-1-16(2-6-18)13-17-3-7-19(8-4-17)33-27(37)23-21-10-12-31(15-35,41-21)25(23)29(33)39/h1-12,20-25,34-35H,13-15H2/i34D,35D. The predicted molar refractivity (Wildman–Crippen MR) is 142 cm³/mol. The first-order chi connectivity index (χ1) is 20.8. The van der Waals surface area contributed by atoms with Crippen molar-refractivity contribution in [2.45, 2.75) is 29.8 Å². The first kappa shape index (κ1) is 22.7. The Kier molecular flexibility index (Phi) is 4.59. The molecule has 0 saturated carbocycles. The topological polar surface area (TPSA) is 134 Å². The molecular weight excluding hydrogens is 528 g/mol. The Balaban J connectivity index is 0.967. The number of carbonyl (C=O) groups excluding carboxylic acids is 4. The molecule has 10 heteroatoms. The van der Waals surface area contributed by atoms with Gasteiger partial charge in [-0.05, 0) is 41.8 Å². The largest absolute Gasteiger partial charge is 0.393 e. The van der Waals surface area contributed by atoms with Crippen LogP contribution in [0.1, 0.15) is 11.1 Å². The van der Waals surface area contributed by atoms with Crippen molar-refractivity contribution in [1.82, 2.24) is 0 Å². The minimum absolute atomic E-state index is 0.124. The Morgan fingerprint density at radius 1 is 0.659 bits per heavy atom. The molecule has 4 amide bonds. The molecule has 8 atom stereocenters. The number of rotatable bonds is 8. The van der Waals surface area contributed by atoms with Crippen molar-refractivity contribution in [2.24, 2.45) is 23.7 Å². The molecule has 6 aliphatic heterocycles. The van der Waals surface area contributed by atoms with Crippen LogP contribution in [0, 0.1) is 23.7 Å². The van der Waals surface area contributed by atoms with Crippen molar-refractivity contribution < 1.29 is 38.9 Å². The zero-order valence-electron chi connectivity index (χ0n) is 23.7. The molecule has 0 spiro atoms. The monoisotopic (exact) mass is 556 g/mol. The van der Waals surface area contributed by atoms with Gasteiger partial charge in [-0.25, -0.2) is 9.80 Å². The smallest absolute Gasteiger partial charge is 0.241 e. The predicted octanol–water partition coefficient (Wildman–Crippen LogP) is 0.888. The van der Waals surface area contributed by atoms with E-state index in [1.165, 1.54) is 9.80 Å². The highest BCUT2D eigenvalue weighted by Crippen LogP contribution is 2.53. The second-order valence-corrected chi connectivity index (χ2v) is 11.6. The van der Waals surface area contributed by atoms with Crippen LogP contribution in [-0.2, 0) is 35.1 Å². The molecule has 6 heterocycles. The van der Waals surface area contributed by atoms with Gasteiger partial charge in [0.15, 0.2) is 0 Å². The van der Waals surface area contributed by atoms with Crippen LogP contribution in [0.25, 0.3) is 0 Å². The van der Waals surface area contributed by atoms with E-state index in [1.807, 2.05) is 24.3 Å². The van der Waals surface area contributed by atoms with E-state index in [0.717, 1.165) is 11.1 Å². The number of aliphatic hydroxyl groups excluding tert-OH is 2. The molecule has 6 aliphatic rings. The SMILES string of the molecule is [2H]OCC12C=CC(O1)C1C(=O)N(c3ccc(Cc4ccc(N5C(=O)C6C7C=CC(CO[2H])(O7)C6C5=O)cc4)cc3)C(=O)C12. The molecule has 4 bridgehead atoms. The van der Waals surface area contributed by atoms with Gasteiger partial charge in [-0.2, -0.15) is 0 Å². The molecule has 41 heavy (non-hydrogen) atoms. The first-order valence-electron chi connectivity index (χ1n) is 14.5. The lowest BCUT2D eigenvalue weighted by Gasteiger charge is -2.26. The highest BCUT2D eigenvalue weighted by atomic mass is 16.5. The summed E-state index contributed by atoms with van der Waals surface area (Å²) in [7, 11) is 0. The van der Waals surface area contributed by atoms with Gasteiger partial charge < -0.3 is 19.7 Å². The van der Waals surface area contributed by atoms with Crippen LogP contribution in [0.2, 0.25) is 0 Å². The summed E-state index contributed by atoms with van der Waals surface area (Å²) in [5, 5.41) is 9.15. The van der Waals surface area contributed by atoms with Crippen LogP contribution < -0.4 is 9.80 Å². The number of benzene rings is 2. The number of amides is 4. The van der Waals surface area contributed by atoms with Crippen molar-refractivity contribution in [3.05, 3.63) is 84.0 Å². The average Bonchev–Trinajstić information content (AvgIpc) is 3.82. The minimum Gasteiger partial charge on any atom is -0.393 e. The lowest BCUT2D eigenvalue weighted by Crippen LogP contribution is -2.43. The Labute approximate surface area is 237 Å². The number of nitrogens with zero attached hydrogens (tertiary/aromatic N) is 2. The summed E-state index contributed by atoms with van der Waals surface area (Å²) in [6, 6.07) is 14.4. The fraction of sp³-hybridized carbons (Fsp3) is 0.355. The van der Waals surface area contributed by atoms with E-state index in [4.69, 9.17) is 12.3 Å². The van der Waals surface area contributed by atoms with E-state index < -0.39 is 47.1 Å². The van der Waals surface area contributed by atoms with E-state index in [-0.39, 0.29) is 36.8 Å². The summed E-state index contributed by atoms with van der Waals surface area (Å²) in [4.78, 5) is 55.7. The number of hydrogen-bond acceptors (Lipinski definition) is 8. The lowest BCUT2D eigenvalue weighted by molar-refractivity contribution is -0.129. The number of aliphatic hydroxyl groups is 2. The molecular formula is C31H26N2O8. The highest BCUT2D eigenvalue weighted by molar-refractivity contribution is 6.24. The molecule has 8 rings (SSSR count). The van der Waals surface area contributed by atoms with Gasteiger partial charge in [-0.3, -0.25) is 19.2 Å². The number of fused-ring (bicyclic) bond motifs is 10. The van der Waals surface area contributed by atoms with Crippen LogP contribution in [-0.4, -0.2) is 73.3 Å². The zero-order chi connectivity index (χ0) is 29.7.